The number of quaternary nitrogens is 1. The summed E-state index contributed by atoms with van der Waals surface area (Å²) in [6, 6.07) is 9.51. The number of aliphatic hydroxyl groups is 1. The third-order valence-electron chi connectivity index (χ3n) is 4.05. The standard InChI is InChI=1S/C17H27N2O2S/c1-15(2)22-19(12-13-20)10-8-18(9-11-19)14-17(21)16-6-4-3-5-7-16/h3-7,15,20H,8-14H2,1-2H3/q+1. The highest BCUT2D eigenvalue weighted by molar-refractivity contribution is 7.94. The lowest BCUT2D eigenvalue weighted by Gasteiger charge is -2.43. The molecule has 0 aliphatic carbocycles. The van der Waals surface area contributed by atoms with Crippen LogP contribution in [0.1, 0.15) is 24.2 Å². The first-order valence-corrected chi connectivity index (χ1v) is 8.84. The minimum absolute atomic E-state index is 0.194. The highest BCUT2D eigenvalue weighted by Gasteiger charge is 2.35. The van der Waals surface area contributed by atoms with E-state index in [1.807, 2.05) is 42.3 Å². The maximum atomic E-state index is 12.3. The summed E-state index contributed by atoms with van der Waals surface area (Å²) in [5.41, 5.74) is 0.792. The fourth-order valence-corrected chi connectivity index (χ4v) is 4.41. The van der Waals surface area contributed by atoms with Gasteiger partial charge in [0.1, 0.15) is 19.6 Å². The van der Waals surface area contributed by atoms with Crippen molar-refractivity contribution >= 4 is 17.7 Å². The van der Waals surface area contributed by atoms with Crippen molar-refractivity contribution in [1.29, 1.82) is 0 Å². The van der Waals surface area contributed by atoms with E-state index in [2.05, 4.69) is 18.7 Å². The van der Waals surface area contributed by atoms with Crippen molar-refractivity contribution in [2.24, 2.45) is 0 Å². The zero-order valence-electron chi connectivity index (χ0n) is 13.6. The SMILES string of the molecule is CC(C)S[N+]1(CCO)CCN(CC(=O)c2ccccc2)CC1. The molecule has 0 amide bonds. The van der Waals surface area contributed by atoms with Gasteiger partial charge in [0.15, 0.2) is 5.78 Å². The third kappa shape index (κ3) is 4.81. The van der Waals surface area contributed by atoms with Gasteiger partial charge in [-0.2, -0.15) is 0 Å². The van der Waals surface area contributed by atoms with Crippen LogP contribution in [0.2, 0.25) is 0 Å². The Morgan fingerprint density at radius 3 is 2.45 bits per heavy atom. The van der Waals surface area contributed by atoms with Crippen LogP contribution in [0.5, 0.6) is 0 Å². The first-order valence-electron chi connectivity index (χ1n) is 8.00. The lowest BCUT2D eigenvalue weighted by molar-refractivity contribution is -0.802. The Labute approximate surface area is 137 Å². The molecule has 22 heavy (non-hydrogen) atoms. The molecule has 5 heteroatoms. The molecule has 1 aliphatic heterocycles. The van der Waals surface area contributed by atoms with E-state index >= 15 is 0 Å². The van der Waals surface area contributed by atoms with Crippen LogP contribution in [0.15, 0.2) is 30.3 Å². The molecule has 0 spiro atoms. The molecule has 1 aromatic carbocycles. The second kappa shape index (κ2) is 8.11. The predicted octanol–water partition coefficient (Wildman–Crippen LogP) is 2.05. The number of carbonyl (C=O) groups is 1. The molecule has 122 valence electrons. The van der Waals surface area contributed by atoms with Crippen LogP contribution < -0.4 is 0 Å². The molecule has 1 saturated heterocycles. The summed E-state index contributed by atoms with van der Waals surface area (Å²) < 4.78 is 0.907. The van der Waals surface area contributed by atoms with Gasteiger partial charge < -0.3 is 5.11 Å². The molecule has 1 fully saturated rings. The summed E-state index contributed by atoms with van der Waals surface area (Å²) in [6.07, 6.45) is 0. The Kier molecular flexibility index (Phi) is 6.44. The van der Waals surface area contributed by atoms with Crippen molar-refractivity contribution in [3.63, 3.8) is 0 Å². The molecule has 2 rings (SSSR count). The number of carbonyl (C=O) groups excluding carboxylic acids is 1. The topological polar surface area (TPSA) is 40.5 Å². The zero-order chi connectivity index (χ0) is 16.0. The summed E-state index contributed by atoms with van der Waals surface area (Å²) in [6.45, 7) is 9.73. The van der Waals surface area contributed by atoms with Crippen LogP contribution in [0.3, 0.4) is 0 Å². The van der Waals surface area contributed by atoms with Crippen molar-refractivity contribution in [2.75, 3.05) is 45.9 Å². The van der Waals surface area contributed by atoms with Crippen LogP contribution in [0.4, 0.5) is 0 Å². The smallest absolute Gasteiger partial charge is 0.176 e. The number of piperazine rings is 1. The van der Waals surface area contributed by atoms with E-state index in [0.717, 1.165) is 42.2 Å². The van der Waals surface area contributed by atoms with E-state index in [1.165, 1.54) is 0 Å². The summed E-state index contributed by atoms with van der Waals surface area (Å²) in [7, 11) is 0. The van der Waals surface area contributed by atoms with E-state index in [1.54, 1.807) is 0 Å². The van der Waals surface area contributed by atoms with Crippen LogP contribution in [0, 0.1) is 0 Å². The largest absolute Gasteiger partial charge is 0.390 e. The van der Waals surface area contributed by atoms with Gasteiger partial charge in [0.05, 0.1) is 30.3 Å². The summed E-state index contributed by atoms with van der Waals surface area (Å²) in [4.78, 5) is 14.5. The van der Waals surface area contributed by atoms with Gasteiger partial charge in [-0.25, -0.2) is 0 Å². The molecule has 0 atom stereocenters. The number of ketones is 1. The number of hydrogen-bond donors (Lipinski definition) is 1. The average Bonchev–Trinajstić information content (AvgIpc) is 2.50. The number of aliphatic hydroxyl groups excluding tert-OH is 1. The lowest BCUT2D eigenvalue weighted by atomic mass is 10.1. The summed E-state index contributed by atoms with van der Waals surface area (Å²) in [5, 5.41) is 9.91. The highest BCUT2D eigenvalue weighted by Crippen LogP contribution is 2.29. The lowest BCUT2D eigenvalue weighted by Crippen LogP contribution is -2.57. The van der Waals surface area contributed by atoms with Gasteiger partial charge in [0.25, 0.3) is 0 Å². The fourth-order valence-electron chi connectivity index (χ4n) is 2.96. The quantitative estimate of drug-likeness (QED) is 0.474. The van der Waals surface area contributed by atoms with Crippen LogP contribution in [0.25, 0.3) is 0 Å². The molecular weight excluding hydrogens is 296 g/mol. The molecule has 0 bridgehead atoms. The Bertz CT molecular complexity index is 471. The molecule has 0 radical (unpaired) electrons. The van der Waals surface area contributed by atoms with Crippen molar-refractivity contribution in [1.82, 2.24) is 4.90 Å². The summed E-state index contributed by atoms with van der Waals surface area (Å²) >= 11 is 1.93. The molecule has 0 aromatic heterocycles. The fraction of sp³-hybridized carbons (Fsp3) is 0.588. The van der Waals surface area contributed by atoms with Crippen molar-refractivity contribution in [2.45, 2.75) is 19.1 Å². The van der Waals surface area contributed by atoms with Gasteiger partial charge in [0, 0.05) is 18.7 Å². The van der Waals surface area contributed by atoms with Gasteiger partial charge in [0.2, 0.25) is 0 Å². The number of nitrogens with zero attached hydrogens (tertiary/aromatic N) is 2. The van der Waals surface area contributed by atoms with E-state index in [4.69, 9.17) is 0 Å². The summed E-state index contributed by atoms with van der Waals surface area (Å²) in [5.74, 6) is 0.194. The zero-order valence-corrected chi connectivity index (χ0v) is 14.4. The van der Waals surface area contributed by atoms with Crippen LogP contribution in [-0.4, -0.2) is 70.8 Å². The predicted molar refractivity (Wildman–Crippen MR) is 91.9 cm³/mol. The molecule has 1 aromatic rings. The Balaban J connectivity index is 1.89. The second-order valence-electron chi connectivity index (χ2n) is 6.17. The van der Waals surface area contributed by atoms with Crippen LogP contribution >= 0.6 is 11.9 Å². The van der Waals surface area contributed by atoms with Crippen molar-refractivity contribution in [3.8, 4) is 0 Å². The second-order valence-corrected chi connectivity index (χ2v) is 8.10. The highest BCUT2D eigenvalue weighted by atomic mass is 32.2. The Morgan fingerprint density at radius 2 is 1.91 bits per heavy atom. The van der Waals surface area contributed by atoms with Gasteiger partial charge in [-0.1, -0.05) is 30.3 Å². The van der Waals surface area contributed by atoms with E-state index < -0.39 is 0 Å². The minimum Gasteiger partial charge on any atom is -0.390 e. The number of hydrogen-bond acceptors (Lipinski definition) is 4. The van der Waals surface area contributed by atoms with E-state index in [9.17, 15) is 9.90 Å². The van der Waals surface area contributed by atoms with Crippen molar-refractivity contribution in [3.05, 3.63) is 35.9 Å². The Hall–Kier alpha value is -0.880. The number of benzene rings is 1. The number of rotatable bonds is 7. The molecule has 0 unspecified atom stereocenters. The van der Waals surface area contributed by atoms with Gasteiger partial charge >= 0.3 is 0 Å². The normalized spacial score (nSPS) is 18.5. The monoisotopic (exact) mass is 323 g/mol. The van der Waals surface area contributed by atoms with Gasteiger partial charge in [-0.05, 0) is 13.8 Å². The third-order valence-corrected chi connectivity index (χ3v) is 5.47. The molecular formula is C17H27N2O2S+. The maximum absolute atomic E-state index is 12.3. The maximum Gasteiger partial charge on any atom is 0.176 e. The number of Topliss-reactive ketones (excluding diaryl/α,β-unsaturated/α-hetero) is 1. The molecule has 1 heterocycles. The minimum atomic E-state index is 0.194. The van der Waals surface area contributed by atoms with Gasteiger partial charge in [-0.3, -0.25) is 13.6 Å². The van der Waals surface area contributed by atoms with E-state index in [0.29, 0.717) is 11.8 Å². The Morgan fingerprint density at radius 1 is 1.27 bits per heavy atom. The van der Waals surface area contributed by atoms with Gasteiger partial charge in [-0.15, -0.1) is 0 Å². The molecule has 0 saturated carbocycles. The van der Waals surface area contributed by atoms with E-state index in [-0.39, 0.29) is 12.4 Å². The average molecular weight is 323 g/mol. The first-order chi connectivity index (χ1) is 10.5. The molecule has 4 nitrogen and oxygen atoms in total. The molecule has 1 aliphatic rings. The van der Waals surface area contributed by atoms with Crippen LogP contribution in [-0.2, 0) is 0 Å². The van der Waals surface area contributed by atoms with Crippen molar-refractivity contribution < 1.29 is 13.8 Å². The molecule has 1 N–H and O–H groups in total. The first kappa shape index (κ1) is 17.5.